The van der Waals surface area contributed by atoms with Crippen molar-refractivity contribution >= 4 is 5.97 Å². The van der Waals surface area contributed by atoms with E-state index in [1.807, 2.05) is 6.92 Å². The highest BCUT2D eigenvalue weighted by Gasteiger charge is 2.15. The first-order chi connectivity index (χ1) is 9.93. The van der Waals surface area contributed by atoms with Crippen molar-refractivity contribution in [1.29, 1.82) is 0 Å². The Morgan fingerprint density at radius 1 is 1.38 bits per heavy atom. The maximum Gasteiger partial charge on any atom is 0.372 e. The van der Waals surface area contributed by atoms with Gasteiger partial charge in [0.1, 0.15) is 5.76 Å². The normalized spacial score (nSPS) is 10.8. The third-order valence-electron chi connectivity index (χ3n) is 3.08. The number of nitrogens with zero attached hydrogens (tertiary/aromatic N) is 2. The Labute approximate surface area is 120 Å². The molecule has 2 heterocycles. The summed E-state index contributed by atoms with van der Waals surface area (Å²) in [6, 6.07) is 2.83. The summed E-state index contributed by atoms with van der Waals surface area (Å²) in [4.78, 5) is 34.9. The predicted octanol–water partition coefficient (Wildman–Crippen LogP) is 1.07. The molecule has 2 aromatic rings. The van der Waals surface area contributed by atoms with Crippen molar-refractivity contribution < 1.29 is 14.3 Å². The van der Waals surface area contributed by atoms with Gasteiger partial charge in [-0.2, -0.15) is 0 Å². The molecule has 0 aliphatic heterocycles. The van der Waals surface area contributed by atoms with Crippen LogP contribution < -0.4 is 11.2 Å². The molecular weight excluding hydrogens is 276 g/mol. The maximum atomic E-state index is 12.2. The monoisotopic (exact) mass is 292 g/mol. The van der Waals surface area contributed by atoms with Crippen molar-refractivity contribution in [2.75, 3.05) is 0 Å². The molecule has 0 amide bonds. The number of carbonyl (C=O) groups is 1. The van der Waals surface area contributed by atoms with E-state index in [1.54, 1.807) is 6.92 Å². The molecule has 0 bridgehead atoms. The van der Waals surface area contributed by atoms with E-state index in [0.29, 0.717) is 12.1 Å². The standard InChI is InChI=1S/C14H16N2O5/c1-3-5-15-6-4-11(17)16(14(15)20)8-10-7-9(2)12(21-10)13(18)19/h4,6-7H,3,5,8H2,1-2H3,(H,18,19). The number of carboxylic acid groups (broad SMARTS) is 1. The molecule has 0 aliphatic carbocycles. The Morgan fingerprint density at radius 3 is 2.67 bits per heavy atom. The molecule has 0 unspecified atom stereocenters. The van der Waals surface area contributed by atoms with E-state index < -0.39 is 17.2 Å². The molecule has 0 saturated heterocycles. The van der Waals surface area contributed by atoms with Gasteiger partial charge in [-0.15, -0.1) is 0 Å². The van der Waals surface area contributed by atoms with Crippen molar-refractivity contribution in [3.63, 3.8) is 0 Å². The number of carboxylic acids is 1. The topological polar surface area (TPSA) is 94.4 Å². The van der Waals surface area contributed by atoms with Crippen LogP contribution in [0.3, 0.4) is 0 Å². The zero-order chi connectivity index (χ0) is 15.6. The molecule has 0 fully saturated rings. The first-order valence-electron chi connectivity index (χ1n) is 6.57. The molecule has 0 aliphatic rings. The molecule has 0 spiro atoms. The molecule has 0 saturated carbocycles. The van der Waals surface area contributed by atoms with Crippen LogP contribution in [-0.4, -0.2) is 20.2 Å². The average molecular weight is 292 g/mol. The number of hydrogen-bond donors (Lipinski definition) is 1. The lowest BCUT2D eigenvalue weighted by molar-refractivity contribution is 0.0659. The Bertz CT molecular complexity index is 781. The predicted molar refractivity (Wildman–Crippen MR) is 74.8 cm³/mol. The van der Waals surface area contributed by atoms with E-state index >= 15 is 0 Å². The second-order valence-electron chi connectivity index (χ2n) is 4.75. The molecule has 7 nitrogen and oxygen atoms in total. The van der Waals surface area contributed by atoms with Gasteiger partial charge in [0.25, 0.3) is 5.56 Å². The zero-order valence-corrected chi connectivity index (χ0v) is 11.8. The molecule has 21 heavy (non-hydrogen) atoms. The Balaban J connectivity index is 2.42. The van der Waals surface area contributed by atoms with Crippen LogP contribution in [0.5, 0.6) is 0 Å². The van der Waals surface area contributed by atoms with E-state index in [1.165, 1.54) is 22.9 Å². The summed E-state index contributed by atoms with van der Waals surface area (Å²) >= 11 is 0. The summed E-state index contributed by atoms with van der Waals surface area (Å²) in [6.45, 7) is 3.95. The lowest BCUT2D eigenvalue weighted by Crippen LogP contribution is -2.39. The minimum Gasteiger partial charge on any atom is -0.475 e. The lowest BCUT2D eigenvalue weighted by Gasteiger charge is -2.07. The fourth-order valence-electron chi connectivity index (χ4n) is 2.11. The Morgan fingerprint density at radius 2 is 2.10 bits per heavy atom. The largest absolute Gasteiger partial charge is 0.475 e. The van der Waals surface area contributed by atoms with Crippen molar-refractivity contribution in [3.8, 4) is 0 Å². The third kappa shape index (κ3) is 2.96. The van der Waals surface area contributed by atoms with Gasteiger partial charge >= 0.3 is 11.7 Å². The fraction of sp³-hybridized carbons (Fsp3) is 0.357. The van der Waals surface area contributed by atoms with Crippen LogP contribution in [0, 0.1) is 6.92 Å². The molecule has 1 N–H and O–H groups in total. The Hall–Kier alpha value is -2.57. The van der Waals surface area contributed by atoms with Gasteiger partial charge in [-0.3, -0.25) is 9.36 Å². The van der Waals surface area contributed by atoms with Crippen LogP contribution >= 0.6 is 0 Å². The van der Waals surface area contributed by atoms with Crippen LogP contribution in [0.4, 0.5) is 0 Å². The molecular formula is C14H16N2O5. The summed E-state index contributed by atoms with van der Waals surface area (Å²) in [5.41, 5.74) is -0.427. The van der Waals surface area contributed by atoms with Crippen molar-refractivity contribution in [2.24, 2.45) is 0 Å². The van der Waals surface area contributed by atoms with Crippen LogP contribution in [0.1, 0.15) is 35.2 Å². The number of aromatic carboxylic acids is 1. The number of furan rings is 1. The highest BCUT2D eigenvalue weighted by Crippen LogP contribution is 2.14. The van der Waals surface area contributed by atoms with Crippen LogP contribution in [-0.2, 0) is 13.1 Å². The Kier molecular flexibility index (Phi) is 4.11. The molecule has 7 heteroatoms. The number of hydrogen-bond acceptors (Lipinski definition) is 4. The maximum absolute atomic E-state index is 12.2. The summed E-state index contributed by atoms with van der Waals surface area (Å²) in [5, 5.41) is 8.94. The van der Waals surface area contributed by atoms with E-state index in [9.17, 15) is 14.4 Å². The quantitative estimate of drug-likeness (QED) is 0.889. The van der Waals surface area contributed by atoms with Gasteiger partial charge in [0.15, 0.2) is 0 Å². The SMILES string of the molecule is CCCn1ccc(=O)n(Cc2cc(C)c(C(=O)O)o2)c1=O. The highest BCUT2D eigenvalue weighted by atomic mass is 16.4. The molecule has 0 radical (unpaired) electrons. The summed E-state index contributed by atoms with van der Waals surface area (Å²) in [6.07, 6.45) is 2.22. The van der Waals surface area contributed by atoms with Crippen molar-refractivity contribution in [3.05, 3.63) is 56.3 Å². The van der Waals surface area contributed by atoms with Crippen molar-refractivity contribution in [1.82, 2.24) is 9.13 Å². The first kappa shape index (κ1) is 14.8. The highest BCUT2D eigenvalue weighted by molar-refractivity contribution is 5.86. The second kappa shape index (κ2) is 5.82. The number of rotatable bonds is 5. The fourth-order valence-corrected chi connectivity index (χ4v) is 2.11. The summed E-state index contributed by atoms with van der Waals surface area (Å²) < 4.78 is 7.65. The van der Waals surface area contributed by atoms with Crippen LogP contribution in [0.25, 0.3) is 0 Å². The van der Waals surface area contributed by atoms with Crippen molar-refractivity contribution in [2.45, 2.75) is 33.4 Å². The minimum atomic E-state index is -1.18. The van der Waals surface area contributed by atoms with Gasteiger partial charge in [0, 0.05) is 24.4 Å². The minimum absolute atomic E-state index is 0.0870. The summed E-state index contributed by atoms with van der Waals surface area (Å²) in [7, 11) is 0. The first-order valence-corrected chi connectivity index (χ1v) is 6.57. The van der Waals surface area contributed by atoms with Gasteiger partial charge in [-0.05, 0) is 19.4 Å². The number of aryl methyl sites for hydroxylation is 2. The summed E-state index contributed by atoms with van der Waals surface area (Å²) in [5.74, 6) is -1.09. The van der Waals surface area contributed by atoms with E-state index in [-0.39, 0.29) is 18.1 Å². The molecule has 2 rings (SSSR count). The zero-order valence-electron chi connectivity index (χ0n) is 11.8. The van der Waals surface area contributed by atoms with E-state index in [4.69, 9.17) is 9.52 Å². The molecule has 112 valence electrons. The molecule has 2 aromatic heterocycles. The van der Waals surface area contributed by atoms with Gasteiger partial charge in [-0.25, -0.2) is 9.59 Å². The van der Waals surface area contributed by atoms with Gasteiger partial charge in [0.05, 0.1) is 6.54 Å². The molecule has 0 aromatic carbocycles. The third-order valence-corrected chi connectivity index (χ3v) is 3.08. The second-order valence-corrected chi connectivity index (χ2v) is 4.75. The average Bonchev–Trinajstić information content (AvgIpc) is 2.79. The van der Waals surface area contributed by atoms with Gasteiger partial charge in [-0.1, -0.05) is 6.92 Å². The van der Waals surface area contributed by atoms with E-state index in [2.05, 4.69) is 0 Å². The lowest BCUT2D eigenvalue weighted by atomic mass is 10.2. The van der Waals surface area contributed by atoms with Gasteiger partial charge < -0.3 is 14.1 Å². The van der Waals surface area contributed by atoms with Crippen LogP contribution in [0.15, 0.2) is 32.3 Å². The number of aromatic nitrogens is 2. The van der Waals surface area contributed by atoms with E-state index in [0.717, 1.165) is 11.0 Å². The van der Waals surface area contributed by atoms with Gasteiger partial charge in [0.2, 0.25) is 5.76 Å². The van der Waals surface area contributed by atoms with Crippen LogP contribution in [0.2, 0.25) is 0 Å². The smallest absolute Gasteiger partial charge is 0.372 e. The molecule has 0 atom stereocenters.